The Bertz CT molecular complexity index is 1410. The van der Waals surface area contributed by atoms with Crippen molar-refractivity contribution >= 4 is 38.8 Å². The summed E-state index contributed by atoms with van der Waals surface area (Å²) in [6.45, 7) is 0. The molecule has 0 saturated heterocycles. The highest BCUT2D eigenvalue weighted by Gasteiger charge is 2.22. The van der Waals surface area contributed by atoms with Crippen LogP contribution in [0.25, 0.3) is 32.8 Å². The molecule has 0 unspecified atom stereocenters. The number of benzene rings is 2. The molecule has 0 spiro atoms. The molecular weight excluding hydrogens is 422 g/mol. The molecule has 5 aromatic rings. The second kappa shape index (κ2) is 8.20. The van der Waals surface area contributed by atoms with Gasteiger partial charge >= 0.3 is 0 Å². The first-order valence-corrected chi connectivity index (χ1v) is 10.7. The zero-order valence-corrected chi connectivity index (χ0v) is 18.0. The van der Waals surface area contributed by atoms with Crippen LogP contribution in [0, 0.1) is 0 Å². The van der Waals surface area contributed by atoms with Crippen molar-refractivity contribution in [2.45, 2.75) is 0 Å². The lowest BCUT2D eigenvalue weighted by atomic mass is 10.0. The van der Waals surface area contributed by atoms with Gasteiger partial charge in [-0.25, -0.2) is 4.98 Å². The number of amides is 1. The van der Waals surface area contributed by atoms with Crippen LogP contribution in [-0.4, -0.2) is 18.0 Å². The van der Waals surface area contributed by atoms with Crippen molar-refractivity contribution in [2.24, 2.45) is 0 Å². The number of nitrogen functional groups attached to an aromatic ring is 1. The number of anilines is 2. The minimum atomic E-state index is -0.301. The third-order valence-electron chi connectivity index (χ3n) is 5.09. The van der Waals surface area contributed by atoms with Crippen LogP contribution in [0.1, 0.15) is 9.67 Å². The highest BCUT2D eigenvalue weighted by atomic mass is 32.1. The molecule has 1 amide bonds. The first-order valence-electron chi connectivity index (χ1n) is 9.92. The quantitative estimate of drug-likeness (QED) is 0.346. The van der Waals surface area contributed by atoms with Crippen LogP contribution in [0.5, 0.6) is 5.75 Å². The summed E-state index contributed by atoms with van der Waals surface area (Å²) in [6.07, 6.45) is 1.61. The molecule has 3 N–H and O–H groups in total. The van der Waals surface area contributed by atoms with Gasteiger partial charge in [0.2, 0.25) is 0 Å². The minimum Gasteiger partial charge on any atom is -0.497 e. The van der Waals surface area contributed by atoms with Crippen LogP contribution in [0.15, 0.2) is 83.5 Å². The Kier molecular flexibility index (Phi) is 5.09. The number of thiophene rings is 1. The molecule has 0 radical (unpaired) electrons. The predicted octanol–water partition coefficient (Wildman–Crippen LogP) is 6.07. The number of ether oxygens (including phenoxy) is 1. The molecule has 0 aliphatic rings. The molecule has 0 fully saturated rings. The van der Waals surface area contributed by atoms with Crippen molar-refractivity contribution in [3.63, 3.8) is 0 Å². The summed E-state index contributed by atoms with van der Waals surface area (Å²) in [4.78, 5) is 19.0. The van der Waals surface area contributed by atoms with Crippen molar-refractivity contribution in [1.82, 2.24) is 4.98 Å². The normalized spacial score (nSPS) is 10.9. The fourth-order valence-corrected chi connectivity index (χ4v) is 4.58. The fraction of sp³-hybridized carbons (Fsp3) is 0.0400. The summed E-state index contributed by atoms with van der Waals surface area (Å²) in [5, 5.41) is 3.60. The van der Waals surface area contributed by atoms with E-state index >= 15 is 0 Å². The largest absolute Gasteiger partial charge is 0.497 e. The number of furan rings is 1. The fourth-order valence-electron chi connectivity index (χ4n) is 3.56. The van der Waals surface area contributed by atoms with Crippen LogP contribution in [0.4, 0.5) is 11.4 Å². The summed E-state index contributed by atoms with van der Waals surface area (Å²) < 4.78 is 10.9. The lowest BCUT2D eigenvalue weighted by Crippen LogP contribution is -2.12. The van der Waals surface area contributed by atoms with Gasteiger partial charge in [-0.05, 0) is 30.3 Å². The zero-order chi connectivity index (χ0) is 22.1. The number of pyridine rings is 1. The molecule has 0 bridgehead atoms. The maximum atomic E-state index is 13.1. The SMILES string of the molecule is COc1cccc(NC(=O)c2sc3nc(-c4ccccc4)cc(-c4ccco4)c3c2N)c1. The van der Waals surface area contributed by atoms with Crippen molar-refractivity contribution in [1.29, 1.82) is 0 Å². The Morgan fingerprint density at radius 2 is 1.91 bits per heavy atom. The van der Waals surface area contributed by atoms with Gasteiger partial charge in [-0.3, -0.25) is 4.79 Å². The number of nitrogens with two attached hydrogens (primary N) is 1. The standard InChI is InChI=1S/C25H19N3O3S/c1-30-17-10-5-9-16(13-17)27-24(29)23-22(26)21-18(20-11-6-12-31-20)14-19(28-25(21)32-23)15-7-3-2-4-8-15/h2-14H,26H2,1H3,(H,27,29). The van der Waals surface area contributed by atoms with E-state index in [0.29, 0.717) is 38.0 Å². The third kappa shape index (κ3) is 3.59. The molecule has 2 aromatic carbocycles. The maximum Gasteiger partial charge on any atom is 0.267 e. The highest BCUT2D eigenvalue weighted by molar-refractivity contribution is 7.21. The second-order valence-electron chi connectivity index (χ2n) is 7.11. The van der Waals surface area contributed by atoms with E-state index in [1.54, 1.807) is 25.5 Å². The second-order valence-corrected chi connectivity index (χ2v) is 8.11. The van der Waals surface area contributed by atoms with E-state index < -0.39 is 0 Å². The van der Waals surface area contributed by atoms with Crippen LogP contribution >= 0.6 is 11.3 Å². The molecule has 158 valence electrons. The van der Waals surface area contributed by atoms with E-state index in [1.807, 2.05) is 60.7 Å². The van der Waals surface area contributed by atoms with E-state index in [1.165, 1.54) is 11.3 Å². The van der Waals surface area contributed by atoms with Gasteiger partial charge in [0.15, 0.2) is 0 Å². The molecule has 32 heavy (non-hydrogen) atoms. The Labute approximate surface area is 188 Å². The summed E-state index contributed by atoms with van der Waals surface area (Å²) in [7, 11) is 1.58. The monoisotopic (exact) mass is 441 g/mol. The molecule has 0 saturated carbocycles. The smallest absolute Gasteiger partial charge is 0.267 e. The van der Waals surface area contributed by atoms with Gasteiger partial charge in [-0.15, -0.1) is 11.3 Å². The van der Waals surface area contributed by atoms with Crippen molar-refractivity contribution in [3.05, 3.63) is 83.9 Å². The van der Waals surface area contributed by atoms with Crippen molar-refractivity contribution < 1.29 is 13.9 Å². The van der Waals surface area contributed by atoms with Gasteiger partial charge in [0, 0.05) is 28.3 Å². The Balaban J connectivity index is 1.63. The van der Waals surface area contributed by atoms with E-state index in [0.717, 1.165) is 16.8 Å². The molecule has 7 heteroatoms. The lowest BCUT2D eigenvalue weighted by molar-refractivity contribution is 0.103. The molecule has 3 aromatic heterocycles. The van der Waals surface area contributed by atoms with Crippen LogP contribution in [-0.2, 0) is 0 Å². The average Bonchev–Trinajstić information content (AvgIpc) is 3.48. The lowest BCUT2D eigenvalue weighted by Gasteiger charge is -2.07. The number of methoxy groups -OCH3 is 1. The number of aromatic nitrogens is 1. The highest BCUT2D eigenvalue weighted by Crippen LogP contribution is 2.41. The molecular formula is C25H19N3O3S. The van der Waals surface area contributed by atoms with Crippen molar-refractivity contribution in [2.75, 3.05) is 18.2 Å². The number of carbonyl (C=O) groups excluding carboxylic acids is 1. The summed E-state index contributed by atoms with van der Waals surface area (Å²) in [5.41, 5.74) is 10.0. The number of carbonyl (C=O) groups is 1. The van der Waals surface area contributed by atoms with E-state index in [2.05, 4.69) is 5.32 Å². The Hall–Kier alpha value is -4.10. The van der Waals surface area contributed by atoms with Gasteiger partial charge in [-0.1, -0.05) is 36.4 Å². The number of hydrogen-bond donors (Lipinski definition) is 2. The molecule has 6 nitrogen and oxygen atoms in total. The van der Waals surface area contributed by atoms with Gasteiger partial charge in [0.05, 0.1) is 24.8 Å². The molecule has 0 aliphatic heterocycles. The van der Waals surface area contributed by atoms with Gasteiger partial charge in [-0.2, -0.15) is 0 Å². The van der Waals surface area contributed by atoms with E-state index in [4.69, 9.17) is 19.9 Å². The van der Waals surface area contributed by atoms with Gasteiger partial charge in [0.25, 0.3) is 5.91 Å². The summed E-state index contributed by atoms with van der Waals surface area (Å²) in [6, 6.07) is 22.7. The Morgan fingerprint density at radius 1 is 1.06 bits per heavy atom. The van der Waals surface area contributed by atoms with E-state index in [-0.39, 0.29) is 5.91 Å². The van der Waals surface area contributed by atoms with Crippen LogP contribution < -0.4 is 15.8 Å². The number of hydrogen-bond acceptors (Lipinski definition) is 6. The summed E-state index contributed by atoms with van der Waals surface area (Å²) in [5.74, 6) is 1.02. The third-order valence-corrected chi connectivity index (χ3v) is 6.19. The average molecular weight is 442 g/mol. The molecule has 0 atom stereocenters. The predicted molar refractivity (Wildman–Crippen MR) is 128 cm³/mol. The number of nitrogens with zero attached hydrogens (tertiary/aromatic N) is 1. The first-order chi connectivity index (χ1) is 15.6. The zero-order valence-electron chi connectivity index (χ0n) is 17.2. The van der Waals surface area contributed by atoms with Gasteiger partial charge in [0.1, 0.15) is 21.2 Å². The number of nitrogens with one attached hydrogen (secondary N) is 1. The minimum absolute atomic E-state index is 0.301. The topological polar surface area (TPSA) is 90.4 Å². The first kappa shape index (κ1) is 19.8. The van der Waals surface area contributed by atoms with Crippen molar-refractivity contribution in [3.8, 4) is 28.3 Å². The molecule has 0 aliphatic carbocycles. The maximum absolute atomic E-state index is 13.1. The Morgan fingerprint density at radius 3 is 2.66 bits per heavy atom. The molecule has 5 rings (SSSR count). The molecule has 3 heterocycles. The number of rotatable bonds is 5. The van der Waals surface area contributed by atoms with Crippen LogP contribution in [0.2, 0.25) is 0 Å². The summed E-state index contributed by atoms with van der Waals surface area (Å²) >= 11 is 1.26. The number of fused-ring (bicyclic) bond motifs is 1. The van der Waals surface area contributed by atoms with Crippen LogP contribution in [0.3, 0.4) is 0 Å². The van der Waals surface area contributed by atoms with E-state index in [9.17, 15) is 4.79 Å². The van der Waals surface area contributed by atoms with Gasteiger partial charge < -0.3 is 20.2 Å².